The van der Waals surface area contributed by atoms with E-state index in [2.05, 4.69) is 38.8 Å². The molecule has 0 atom stereocenters. The second kappa shape index (κ2) is 9.21. The zero-order valence-electron chi connectivity index (χ0n) is 15.7. The van der Waals surface area contributed by atoms with E-state index in [4.69, 9.17) is 4.74 Å². The quantitative estimate of drug-likeness (QED) is 0.750. The van der Waals surface area contributed by atoms with Gasteiger partial charge in [-0.3, -0.25) is 4.90 Å². The van der Waals surface area contributed by atoms with Crippen LogP contribution in [0.5, 0.6) is 5.75 Å². The van der Waals surface area contributed by atoms with Gasteiger partial charge in [0.25, 0.3) is 0 Å². The van der Waals surface area contributed by atoms with E-state index in [0.29, 0.717) is 25.4 Å². The molecule has 1 saturated heterocycles. The number of benzene rings is 2. The zero-order valence-corrected chi connectivity index (χ0v) is 16.5. The maximum Gasteiger partial charge on any atom is 0.244 e. The summed E-state index contributed by atoms with van der Waals surface area (Å²) in [4.78, 5) is 4.84. The molecule has 0 aliphatic carbocycles. The smallest absolute Gasteiger partial charge is 0.244 e. The number of nitrogens with one attached hydrogen (secondary N) is 1. The fourth-order valence-corrected chi connectivity index (χ4v) is 4.40. The first kappa shape index (κ1) is 19.7. The van der Waals surface area contributed by atoms with Gasteiger partial charge in [0, 0.05) is 45.0 Å². The number of hydrogen-bond donors (Lipinski definition) is 1. The molecule has 0 spiro atoms. The van der Waals surface area contributed by atoms with Gasteiger partial charge in [0.05, 0.1) is 6.61 Å². The molecule has 0 aromatic heterocycles. The molecule has 2 aromatic carbocycles. The molecule has 0 unspecified atom stereocenters. The fourth-order valence-electron chi connectivity index (χ4n) is 3.23. The van der Waals surface area contributed by atoms with Crippen molar-refractivity contribution in [3.05, 3.63) is 54.6 Å². The van der Waals surface area contributed by atoms with E-state index in [-0.39, 0.29) is 4.90 Å². The zero-order chi connectivity index (χ0) is 19.1. The highest BCUT2D eigenvalue weighted by Gasteiger charge is 2.20. The molecule has 2 aromatic rings. The Labute approximate surface area is 161 Å². The Morgan fingerprint density at radius 2 is 1.63 bits per heavy atom. The Morgan fingerprint density at radius 3 is 2.33 bits per heavy atom. The molecule has 3 rings (SSSR count). The van der Waals surface area contributed by atoms with Crippen LogP contribution in [0.15, 0.2) is 59.5 Å². The van der Waals surface area contributed by atoms with Crippen molar-refractivity contribution < 1.29 is 13.2 Å². The van der Waals surface area contributed by atoms with E-state index in [0.717, 1.165) is 26.2 Å². The molecule has 0 saturated carbocycles. The average Bonchev–Trinajstić information content (AvgIpc) is 2.70. The Kier molecular flexibility index (Phi) is 6.71. The highest BCUT2D eigenvalue weighted by Crippen LogP contribution is 2.23. The third kappa shape index (κ3) is 5.22. The Hall–Kier alpha value is -2.09. The number of hydrogen-bond acceptors (Lipinski definition) is 5. The van der Waals surface area contributed by atoms with Crippen molar-refractivity contribution in [3.63, 3.8) is 0 Å². The summed E-state index contributed by atoms with van der Waals surface area (Å²) in [6, 6.07) is 17.1. The first-order valence-electron chi connectivity index (χ1n) is 9.34. The van der Waals surface area contributed by atoms with Gasteiger partial charge in [-0.2, -0.15) is 0 Å². The molecule has 1 fully saturated rings. The Balaban J connectivity index is 1.49. The molecule has 0 radical (unpaired) electrons. The largest absolute Gasteiger partial charge is 0.492 e. The lowest BCUT2D eigenvalue weighted by atomic mass is 10.2. The van der Waals surface area contributed by atoms with E-state index in [1.54, 1.807) is 24.3 Å². The predicted molar refractivity (Wildman–Crippen MR) is 108 cm³/mol. The number of sulfonamides is 1. The van der Waals surface area contributed by atoms with Crippen LogP contribution < -0.4 is 14.4 Å². The van der Waals surface area contributed by atoms with Crippen LogP contribution in [0.3, 0.4) is 0 Å². The molecule has 1 aliphatic rings. The van der Waals surface area contributed by atoms with Crippen LogP contribution in [0.25, 0.3) is 0 Å². The van der Waals surface area contributed by atoms with Crippen LogP contribution >= 0.6 is 0 Å². The second-order valence-electron chi connectivity index (χ2n) is 6.44. The van der Waals surface area contributed by atoms with Crippen LogP contribution in [0.1, 0.15) is 6.92 Å². The highest BCUT2D eigenvalue weighted by atomic mass is 32.2. The molecule has 1 heterocycles. The minimum absolute atomic E-state index is 0.195. The first-order chi connectivity index (χ1) is 13.1. The molecule has 27 heavy (non-hydrogen) atoms. The lowest BCUT2D eigenvalue weighted by Crippen LogP contribution is -2.48. The van der Waals surface area contributed by atoms with E-state index in [9.17, 15) is 8.42 Å². The van der Waals surface area contributed by atoms with Crippen molar-refractivity contribution in [2.24, 2.45) is 0 Å². The molecular weight excluding hydrogens is 362 g/mol. The lowest BCUT2D eigenvalue weighted by Gasteiger charge is -2.36. The normalized spacial score (nSPS) is 15.7. The van der Waals surface area contributed by atoms with Gasteiger partial charge in [0.15, 0.2) is 0 Å². The summed E-state index contributed by atoms with van der Waals surface area (Å²) in [5.74, 6) is 0.393. The van der Waals surface area contributed by atoms with E-state index < -0.39 is 10.0 Å². The van der Waals surface area contributed by atoms with Crippen LogP contribution in [0.4, 0.5) is 5.69 Å². The summed E-state index contributed by atoms with van der Waals surface area (Å²) in [7, 11) is -3.58. The predicted octanol–water partition coefficient (Wildman–Crippen LogP) is 2.19. The van der Waals surface area contributed by atoms with Gasteiger partial charge >= 0.3 is 0 Å². The number of ether oxygens (including phenoxy) is 1. The van der Waals surface area contributed by atoms with E-state index in [1.165, 1.54) is 5.69 Å². The molecule has 146 valence electrons. The number of piperazine rings is 1. The van der Waals surface area contributed by atoms with E-state index in [1.807, 2.05) is 13.0 Å². The number of nitrogens with zero attached hydrogens (tertiary/aromatic N) is 2. The topological polar surface area (TPSA) is 61.9 Å². The summed E-state index contributed by atoms with van der Waals surface area (Å²) >= 11 is 0. The molecule has 0 amide bonds. The lowest BCUT2D eigenvalue weighted by molar-refractivity contribution is 0.262. The Morgan fingerprint density at radius 1 is 0.963 bits per heavy atom. The highest BCUT2D eigenvalue weighted by molar-refractivity contribution is 7.89. The average molecular weight is 390 g/mol. The minimum Gasteiger partial charge on any atom is -0.492 e. The standard InChI is InChI=1S/C20H27N3O3S/c1-2-26-19-10-6-7-11-20(19)27(24,25)21-12-13-22-14-16-23(17-15-22)18-8-4-3-5-9-18/h3-11,21H,2,12-17H2,1H3. The van der Waals surface area contributed by atoms with Crippen molar-refractivity contribution in [1.29, 1.82) is 0 Å². The molecule has 1 N–H and O–H groups in total. The summed E-state index contributed by atoms with van der Waals surface area (Å²) in [5.41, 5.74) is 1.24. The van der Waals surface area contributed by atoms with Crippen molar-refractivity contribution in [2.75, 3.05) is 50.8 Å². The van der Waals surface area contributed by atoms with Gasteiger partial charge < -0.3 is 9.64 Å². The minimum atomic E-state index is -3.58. The third-order valence-corrected chi connectivity index (χ3v) is 6.15. The van der Waals surface area contributed by atoms with Gasteiger partial charge in [-0.1, -0.05) is 30.3 Å². The fraction of sp³-hybridized carbons (Fsp3) is 0.400. The third-order valence-electron chi connectivity index (χ3n) is 4.65. The van der Waals surface area contributed by atoms with Gasteiger partial charge in [-0.05, 0) is 31.2 Å². The van der Waals surface area contributed by atoms with Crippen LogP contribution in [0.2, 0.25) is 0 Å². The van der Waals surface area contributed by atoms with Crippen molar-refractivity contribution >= 4 is 15.7 Å². The maximum atomic E-state index is 12.6. The van der Waals surface area contributed by atoms with Gasteiger partial charge in [-0.15, -0.1) is 0 Å². The Bertz CT molecular complexity index is 819. The molecule has 0 bridgehead atoms. The van der Waals surface area contributed by atoms with Crippen molar-refractivity contribution in [2.45, 2.75) is 11.8 Å². The second-order valence-corrected chi connectivity index (χ2v) is 8.18. The summed E-state index contributed by atoms with van der Waals surface area (Å²) in [6.45, 7) is 7.09. The molecule has 6 nitrogen and oxygen atoms in total. The monoisotopic (exact) mass is 389 g/mol. The van der Waals surface area contributed by atoms with Gasteiger partial charge in [-0.25, -0.2) is 13.1 Å². The maximum absolute atomic E-state index is 12.6. The van der Waals surface area contributed by atoms with Gasteiger partial charge in [0.2, 0.25) is 10.0 Å². The van der Waals surface area contributed by atoms with Gasteiger partial charge in [0.1, 0.15) is 10.6 Å². The molecule has 1 aliphatic heterocycles. The van der Waals surface area contributed by atoms with Crippen molar-refractivity contribution in [3.8, 4) is 5.75 Å². The number of anilines is 1. The van der Waals surface area contributed by atoms with E-state index >= 15 is 0 Å². The van der Waals surface area contributed by atoms with Crippen molar-refractivity contribution in [1.82, 2.24) is 9.62 Å². The summed E-state index contributed by atoms with van der Waals surface area (Å²) in [5, 5.41) is 0. The number of rotatable bonds is 8. The summed E-state index contributed by atoms with van der Waals surface area (Å²) in [6.07, 6.45) is 0. The number of para-hydroxylation sites is 2. The van der Waals surface area contributed by atoms with Crippen LogP contribution in [-0.4, -0.2) is 59.2 Å². The molecular formula is C20H27N3O3S. The first-order valence-corrected chi connectivity index (χ1v) is 10.8. The molecule has 7 heteroatoms. The summed E-state index contributed by atoms with van der Waals surface area (Å²) < 4.78 is 33.3. The SMILES string of the molecule is CCOc1ccccc1S(=O)(=O)NCCN1CCN(c2ccccc2)CC1. The van der Waals surface area contributed by atoms with Crippen LogP contribution in [-0.2, 0) is 10.0 Å². The van der Waals surface area contributed by atoms with Crippen LogP contribution in [0, 0.1) is 0 Å².